The summed E-state index contributed by atoms with van der Waals surface area (Å²) in [7, 11) is -3.09. The van der Waals surface area contributed by atoms with Crippen molar-refractivity contribution in [3.05, 3.63) is 22.4 Å². The van der Waals surface area contributed by atoms with Crippen molar-refractivity contribution < 1.29 is 13.2 Å². The molecule has 25 heavy (non-hydrogen) atoms. The normalized spacial score (nSPS) is 23.7. The van der Waals surface area contributed by atoms with Gasteiger partial charge in [-0.15, -0.1) is 0 Å². The fourth-order valence-corrected chi connectivity index (χ4v) is 5.95. The monoisotopic (exact) mass is 384 g/mol. The molecule has 0 saturated carbocycles. The maximum absolute atomic E-state index is 12.8. The van der Waals surface area contributed by atoms with Crippen LogP contribution in [0.2, 0.25) is 0 Å². The van der Waals surface area contributed by atoms with E-state index < -0.39 is 10.0 Å². The van der Waals surface area contributed by atoms with E-state index in [1.807, 2.05) is 16.8 Å². The van der Waals surface area contributed by atoms with Gasteiger partial charge in [-0.3, -0.25) is 4.79 Å². The molecule has 5 nitrogen and oxygen atoms in total. The first-order valence-corrected chi connectivity index (χ1v) is 11.8. The van der Waals surface area contributed by atoms with E-state index in [1.54, 1.807) is 22.6 Å². The van der Waals surface area contributed by atoms with Crippen molar-refractivity contribution in [1.82, 2.24) is 9.21 Å². The molecule has 0 radical (unpaired) electrons. The van der Waals surface area contributed by atoms with E-state index >= 15 is 0 Å². The van der Waals surface area contributed by atoms with Gasteiger partial charge in [0, 0.05) is 25.7 Å². The highest BCUT2D eigenvalue weighted by molar-refractivity contribution is 7.89. The predicted octanol–water partition coefficient (Wildman–Crippen LogP) is 2.73. The lowest BCUT2D eigenvalue weighted by Crippen LogP contribution is -2.51. The third-order valence-corrected chi connectivity index (χ3v) is 8.22. The molecule has 1 aromatic rings. The molecular formula is C18H28N2O3S2. The molecule has 140 valence electrons. The summed E-state index contributed by atoms with van der Waals surface area (Å²) in [6, 6.07) is 2.31. The molecule has 0 aliphatic carbocycles. The van der Waals surface area contributed by atoms with Gasteiger partial charge in [0.05, 0.1) is 12.2 Å². The largest absolute Gasteiger partial charge is 0.339 e. The molecule has 0 aromatic carbocycles. The zero-order chi connectivity index (χ0) is 17.9. The van der Waals surface area contributed by atoms with Gasteiger partial charge in [0.25, 0.3) is 0 Å². The number of rotatable bonds is 5. The number of amides is 1. The van der Waals surface area contributed by atoms with E-state index in [9.17, 15) is 13.2 Å². The van der Waals surface area contributed by atoms with E-state index in [1.165, 1.54) is 6.42 Å². The number of carbonyl (C=O) groups excluding carboxylic acids is 1. The Kier molecular flexibility index (Phi) is 6.17. The molecule has 1 amide bonds. The molecule has 3 rings (SSSR count). The topological polar surface area (TPSA) is 57.7 Å². The van der Waals surface area contributed by atoms with Gasteiger partial charge in [0.15, 0.2) is 0 Å². The Morgan fingerprint density at radius 2 is 1.96 bits per heavy atom. The number of hydrogen-bond donors (Lipinski definition) is 0. The number of hydrogen-bond acceptors (Lipinski definition) is 4. The van der Waals surface area contributed by atoms with Crippen LogP contribution < -0.4 is 0 Å². The van der Waals surface area contributed by atoms with Crippen molar-refractivity contribution >= 4 is 27.3 Å². The SMILES string of the molecule is CCS(=O)(=O)N1CCC(C2CCCCN2C(=O)Cc2ccsc2)CC1. The second kappa shape index (κ2) is 8.18. The van der Waals surface area contributed by atoms with Crippen LogP contribution in [0, 0.1) is 5.92 Å². The summed E-state index contributed by atoms with van der Waals surface area (Å²) in [4.78, 5) is 14.9. The molecule has 1 aromatic heterocycles. The van der Waals surface area contributed by atoms with E-state index in [-0.39, 0.29) is 17.7 Å². The van der Waals surface area contributed by atoms with Gasteiger partial charge >= 0.3 is 0 Å². The molecule has 2 aliphatic rings. The summed E-state index contributed by atoms with van der Waals surface area (Å²) in [5.74, 6) is 0.827. The van der Waals surface area contributed by atoms with Crippen molar-refractivity contribution in [3.8, 4) is 0 Å². The molecule has 0 spiro atoms. The van der Waals surface area contributed by atoms with Crippen LogP contribution in [0.25, 0.3) is 0 Å². The van der Waals surface area contributed by atoms with Gasteiger partial charge in [0.1, 0.15) is 0 Å². The number of thiophene rings is 1. The Bertz CT molecular complexity index is 665. The Morgan fingerprint density at radius 1 is 1.20 bits per heavy atom. The van der Waals surface area contributed by atoms with Gasteiger partial charge in [-0.2, -0.15) is 11.3 Å². The third-order valence-electron chi connectivity index (χ3n) is 5.61. The second-order valence-corrected chi connectivity index (χ2v) is 10.1. The Hall–Kier alpha value is -0.920. The van der Waals surface area contributed by atoms with Gasteiger partial charge in [-0.1, -0.05) is 0 Å². The summed E-state index contributed by atoms with van der Waals surface area (Å²) < 4.78 is 25.7. The van der Waals surface area contributed by atoms with Crippen molar-refractivity contribution in [2.75, 3.05) is 25.4 Å². The first-order valence-electron chi connectivity index (χ1n) is 9.29. The highest BCUT2D eigenvalue weighted by atomic mass is 32.2. The molecule has 1 atom stereocenters. The molecule has 0 N–H and O–H groups in total. The van der Waals surface area contributed by atoms with Crippen LogP contribution in [0.4, 0.5) is 0 Å². The highest BCUT2D eigenvalue weighted by Gasteiger charge is 2.36. The van der Waals surface area contributed by atoms with Crippen molar-refractivity contribution in [1.29, 1.82) is 0 Å². The predicted molar refractivity (Wildman–Crippen MR) is 101 cm³/mol. The smallest absolute Gasteiger partial charge is 0.227 e. The fourth-order valence-electron chi connectivity index (χ4n) is 4.15. The Labute approximate surface area is 155 Å². The number of carbonyl (C=O) groups is 1. The summed E-state index contributed by atoms with van der Waals surface area (Å²) in [5.41, 5.74) is 1.10. The van der Waals surface area contributed by atoms with Crippen LogP contribution in [0.15, 0.2) is 16.8 Å². The molecule has 7 heteroatoms. The van der Waals surface area contributed by atoms with Crippen LogP contribution in [-0.4, -0.2) is 55.0 Å². The maximum Gasteiger partial charge on any atom is 0.227 e. The molecule has 3 heterocycles. The minimum atomic E-state index is -3.09. The molecule has 2 aliphatic heterocycles. The first-order chi connectivity index (χ1) is 12.0. The number of piperidine rings is 2. The lowest BCUT2D eigenvalue weighted by atomic mass is 9.84. The summed E-state index contributed by atoms with van der Waals surface area (Å²) in [6.45, 7) is 3.75. The third kappa shape index (κ3) is 4.44. The van der Waals surface area contributed by atoms with Gasteiger partial charge in [-0.05, 0) is 67.3 Å². The lowest BCUT2D eigenvalue weighted by molar-refractivity contribution is -0.136. The van der Waals surface area contributed by atoms with E-state index in [0.29, 0.717) is 25.4 Å². The van der Waals surface area contributed by atoms with Gasteiger partial charge in [-0.25, -0.2) is 12.7 Å². The average molecular weight is 385 g/mol. The minimum Gasteiger partial charge on any atom is -0.339 e. The molecule has 0 bridgehead atoms. The number of nitrogens with zero attached hydrogens (tertiary/aromatic N) is 2. The fraction of sp³-hybridized carbons (Fsp3) is 0.722. The Morgan fingerprint density at radius 3 is 2.60 bits per heavy atom. The van der Waals surface area contributed by atoms with Crippen LogP contribution in [-0.2, 0) is 21.2 Å². The number of likely N-dealkylation sites (tertiary alicyclic amines) is 1. The second-order valence-electron chi connectivity index (χ2n) is 7.10. The molecular weight excluding hydrogens is 356 g/mol. The van der Waals surface area contributed by atoms with Gasteiger partial charge < -0.3 is 4.90 Å². The van der Waals surface area contributed by atoms with Gasteiger partial charge in [0.2, 0.25) is 15.9 Å². The molecule has 2 fully saturated rings. The zero-order valence-corrected chi connectivity index (χ0v) is 16.5. The molecule has 2 saturated heterocycles. The maximum atomic E-state index is 12.8. The van der Waals surface area contributed by atoms with Crippen LogP contribution in [0.5, 0.6) is 0 Å². The van der Waals surface area contributed by atoms with Crippen molar-refractivity contribution in [2.24, 2.45) is 5.92 Å². The van der Waals surface area contributed by atoms with E-state index in [2.05, 4.69) is 4.90 Å². The van der Waals surface area contributed by atoms with Crippen LogP contribution in [0.3, 0.4) is 0 Å². The molecule has 1 unspecified atom stereocenters. The lowest BCUT2D eigenvalue weighted by Gasteiger charge is -2.43. The Balaban J connectivity index is 1.63. The van der Waals surface area contributed by atoms with Crippen molar-refractivity contribution in [3.63, 3.8) is 0 Å². The van der Waals surface area contributed by atoms with Crippen LogP contribution in [0.1, 0.15) is 44.6 Å². The number of sulfonamides is 1. The van der Waals surface area contributed by atoms with E-state index in [4.69, 9.17) is 0 Å². The summed E-state index contributed by atoms with van der Waals surface area (Å²) in [5, 5.41) is 4.06. The average Bonchev–Trinajstić information content (AvgIpc) is 3.15. The van der Waals surface area contributed by atoms with Crippen LogP contribution >= 0.6 is 11.3 Å². The standard InChI is InChI=1S/C18H28N2O3S2/c1-2-25(22,23)19-10-6-16(7-11-19)17-5-3-4-9-20(17)18(21)13-15-8-12-24-14-15/h8,12,14,16-17H,2-7,9-11,13H2,1H3. The summed E-state index contributed by atoms with van der Waals surface area (Å²) >= 11 is 1.63. The first kappa shape index (κ1) is 18.9. The van der Waals surface area contributed by atoms with E-state index in [0.717, 1.165) is 37.8 Å². The minimum absolute atomic E-state index is 0.173. The summed E-state index contributed by atoms with van der Waals surface area (Å²) in [6.07, 6.45) is 5.52. The highest BCUT2D eigenvalue weighted by Crippen LogP contribution is 2.31. The van der Waals surface area contributed by atoms with Crippen molar-refractivity contribution in [2.45, 2.75) is 51.5 Å². The zero-order valence-electron chi connectivity index (χ0n) is 14.9. The quantitative estimate of drug-likeness (QED) is 0.784.